The molecule has 1 atom stereocenters. The van der Waals surface area contributed by atoms with Gasteiger partial charge in [0, 0.05) is 12.6 Å². The van der Waals surface area contributed by atoms with Crippen LogP contribution in [0.15, 0.2) is 30.3 Å². The van der Waals surface area contributed by atoms with Crippen molar-refractivity contribution in [3.8, 4) is 0 Å². The van der Waals surface area contributed by atoms with Crippen LogP contribution in [0.2, 0.25) is 0 Å². The molecule has 1 rings (SSSR count). The first-order valence-electron chi connectivity index (χ1n) is 8.18. The lowest BCUT2D eigenvalue weighted by atomic mass is 10.1. The highest BCUT2D eigenvalue weighted by Gasteiger charge is 2.02. The monoisotopic (exact) mass is 276 g/mol. The van der Waals surface area contributed by atoms with Crippen LogP contribution < -0.4 is 5.32 Å². The molecule has 0 bridgehead atoms. The molecule has 1 unspecified atom stereocenters. The van der Waals surface area contributed by atoms with Crippen LogP contribution in [0.5, 0.6) is 0 Å². The number of benzene rings is 1. The fraction of sp³-hybridized carbons (Fsp3) is 0.667. The molecule has 0 aliphatic rings. The van der Waals surface area contributed by atoms with E-state index >= 15 is 0 Å². The molecular weight excluding hydrogens is 244 g/mol. The highest BCUT2D eigenvalue weighted by atomic mass is 15.1. The summed E-state index contributed by atoms with van der Waals surface area (Å²) in [7, 11) is 2.21. The van der Waals surface area contributed by atoms with E-state index in [1.54, 1.807) is 0 Å². The summed E-state index contributed by atoms with van der Waals surface area (Å²) in [6.45, 7) is 7.91. The normalized spacial score (nSPS) is 12.8. The van der Waals surface area contributed by atoms with Crippen LogP contribution in [-0.4, -0.2) is 31.1 Å². The van der Waals surface area contributed by atoms with Gasteiger partial charge in [0.2, 0.25) is 0 Å². The molecule has 20 heavy (non-hydrogen) atoms. The van der Waals surface area contributed by atoms with Gasteiger partial charge in [-0.05, 0) is 45.5 Å². The van der Waals surface area contributed by atoms with Gasteiger partial charge in [-0.3, -0.25) is 0 Å². The summed E-state index contributed by atoms with van der Waals surface area (Å²) in [6.07, 6.45) is 6.58. The number of hydrogen-bond donors (Lipinski definition) is 1. The lowest BCUT2D eigenvalue weighted by Gasteiger charge is -2.18. The van der Waals surface area contributed by atoms with Gasteiger partial charge >= 0.3 is 0 Å². The molecule has 0 spiro atoms. The summed E-state index contributed by atoms with van der Waals surface area (Å²) in [6, 6.07) is 11.4. The van der Waals surface area contributed by atoms with Crippen molar-refractivity contribution >= 4 is 0 Å². The minimum absolute atomic E-state index is 0.668. The van der Waals surface area contributed by atoms with E-state index in [1.165, 1.54) is 37.7 Å². The molecular formula is C18H32N2. The lowest BCUT2D eigenvalue weighted by molar-refractivity contribution is 0.316. The van der Waals surface area contributed by atoms with E-state index in [4.69, 9.17) is 0 Å². The third-order valence-electron chi connectivity index (χ3n) is 3.75. The summed E-state index contributed by atoms with van der Waals surface area (Å²) in [5.41, 5.74) is 1.40. The predicted molar refractivity (Wildman–Crippen MR) is 89.0 cm³/mol. The molecule has 1 N–H and O–H groups in total. The zero-order valence-corrected chi connectivity index (χ0v) is 13.6. The van der Waals surface area contributed by atoms with Gasteiger partial charge in [0.1, 0.15) is 0 Å². The Balaban J connectivity index is 2.03. The maximum atomic E-state index is 3.63. The number of unbranched alkanes of at least 4 members (excludes halogenated alkanes) is 2. The average Bonchev–Trinajstić information content (AvgIpc) is 2.45. The molecule has 0 saturated heterocycles. The van der Waals surface area contributed by atoms with Crippen molar-refractivity contribution in [3.63, 3.8) is 0 Å². The molecule has 0 heterocycles. The summed E-state index contributed by atoms with van der Waals surface area (Å²) in [4.78, 5) is 2.40. The lowest BCUT2D eigenvalue weighted by Crippen LogP contribution is -2.29. The molecule has 0 saturated carbocycles. The SMILES string of the molecule is CCCCCC(C)NCCCN(C)Cc1ccccc1. The first kappa shape index (κ1) is 17.2. The predicted octanol–water partition coefficient (Wildman–Crippen LogP) is 4.07. The van der Waals surface area contributed by atoms with Gasteiger partial charge in [-0.1, -0.05) is 56.5 Å². The van der Waals surface area contributed by atoms with Crippen LogP contribution >= 0.6 is 0 Å². The fourth-order valence-corrected chi connectivity index (χ4v) is 2.47. The van der Waals surface area contributed by atoms with Gasteiger partial charge < -0.3 is 10.2 Å². The second-order valence-corrected chi connectivity index (χ2v) is 5.93. The molecule has 1 aromatic rings. The van der Waals surface area contributed by atoms with Crippen molar-refractivity contribution in [2.45, 2.75) is 58.5 Å². The van der Waals surface area contributed by atoms with Crippen LogP contribution in [-0.2, 0) is 6.54 Å². The van der Waals surface area contributed by atoms with E-state index in [-0.39, 0.29) is 0 Å². The smallest absolute Gasteiger partial charge is 0.0230 e. The van der Waals surface area contributed by atoms with E-state index in [2.05, 4.69) is 61.4 Å². The first-order chi connectivity index (χ1) is 9.72. The summed E-state index contributed by atoms with van der Waals surface area (Å²) >= 11 is 0. The van der Waals surface area contributed by atoms with Crippen molar-refractivity contribution in [1.29, 1.82) is 0 Å². The second-order valence-electron chi connectivity index (χ2n) is 5.93. The van der Waals surface area contributed by atoms with Crippen LogP contribution in [0.4, 0.5) is 0 Å². The molecule has 0 fully saturated rings. The van der Waals surface area contributed by atoms with Gasteiger partial charge in [-0.25, -0.2) is 0 Å². The van der Waals surface area contributed by atoms with Gasteiger partial charge in [0.15, 0.2) is 0 Å². The molecule has 0 aliphatic heterocycles. The minimum atomic E-state index is 0.668. The molecule has 2 nitrogen and oxygen atoms in total. The quantitative estimate of drug-likeness (QED) is 0.613. The largest absolute Gasteiger partial charge is 0.314 e. The Labute approximate surface area is 125 Å². The van der Waals surface area contributed by atoms with Crippen LogP contribution in [0.25, 0.3) is 0 Å². The number of nitrogens with zero attached hydrogens (tertiary/aromatic N) is 1. The van der Waals surface area contributed by atoms with Crippen molar-refractivity contribution in [2.75, 3.05) is 20.1 Å². The van der Waals surface area contributed by atoms with Crippen molar-refractivity contribution in [1.82, 2.24) is 10.2 Å². The maximum Gasteiger partial charge on any atom is 0.0230 e. The Hall–Kier alpha value is -0.860. The zero-order valence-electron chi connectivity index (χ0n) is 13.6. The van der Waals surface area contributed by atoms with Gasteiger partial charge in [0.05, 0.1) is 0 Å². The maximum absolute atomic E-state index is 3.63. The van der Waals surface area contributed by atoms with Gasteiger partial charge in [-0.2, -0.15) is 0 Å². The first-order valence-corrected chi connectivity index (χ1v) is 8.18. The van der Waals surface area contributed by atoms with Crippen LogP contribution in [0.3, 0.4) is 0 Å². The minimum Gasteiger partial charge on any atom is -0.314 e. The number of rotatable bonds is 11. The summed E-state index contributed by atoms with van der Waals surface area (Å²) in [5.74, 6) is 0. The number of nitrogens with one attached hydrogen (secondary N) is 1. The van der Waals surface area contributed by atoms with E-state index in [1.807, 2.05) is 0 Å². The van der Waals surface area contributed by atoms with Gasteiger partial charge in [-0.15, -0.1) is 0 Å². The Morgan fingerprint density at radius 3 is 2.55 bits per heavy atom. The Morgan fingerprint density at radius 1 is 1.10 bits per heavy atom. The average molecular weight is 276 g/mol. The topological polar surface area (TPSA) is 15.3 Å². The summed E-state index contributed by atoms with van der Waals surface area (Å²) < 4.78 is 0. The van der Waals surface area contributed by atoms with Crippen molar-refractivity contribution in [3.05, 3.63) is 35.9 Å². The molecule has 1 aromatic carbocycles. The molecule has 114 valence electrons. The zero-order chi connectivity index (χ0) is 14.6. The number of hydrogen-bond acceptors (Lipinski definition) is 2. The van der Waals surface area contributed by atoms with Crippen molar-refractivity contribution < 1.29 is 0 Å². The standard InChI is InChI=1S/C18H32N2/c1-4-5-7-11-17(2)19-14-10-15-20(3)16-18-12-8-6-9-13-18/h6,8-9,12-13,17,19H,4-5,7,10-11,14-16H2,1-3H3. The molecule has 0 amide bonds. The molecule has 0 aromatic heterocycles. The molecule has 2 heteroatoms. The van der Waals surface area contributed by atoms with E-state index in [0.29, 0.717) is 6.04 Å². The fourth-order valence-electron chi connectivity index (χ4n) is 2.47. The Bertz CT molecular complexity index is 323. The molecule has 0 aliphatic carbocycles. The second kappa shape index (κ2) is 10.9. The van der Waals surface area contributed by atoms with Crippen LogP contribution in [0.1, 0.15) is 51.5 Å². The Kier molecular flexibility index (Phi) is 9.35. The van der Waals surface area contributed by atoms with E-state index < -0.39 is 0 Å². The molecule has 0 radical (unpaired) electrons. The highest BCUT2D eigenvalue weighted by molar-refractivity contribution is 5.14. The summed E-state index contributed by atoms with van der Waals surface area (Å²) in [5, 5.41) is 3.63. The highest BCUT2D eigenvalue weighted by Crippen LogP contribution is 2.04. The van der Waals surface area contributed by atoms with E-state index in [9.17, 15) is 0 Å². The van der Waals surface area contributed by atoms with Gasteiger partial charge in [0.25, 0.3) is 0 Å². The Morgan fingerprint density at radius 2 is 1.85 bits per heavy atom. The third kappa shape index (κ3) is 8.34. The third-order valence-corrected chi connectivity index (χ3v) is 3.75. The van der Waals surface area contributed by atoms with Crippen LogP contribution in [0, 0.1) is 0 Å². The van der Waals surface area contributed by atoms with E-state index in [0.717, 1.165) is 19.6 Å². The van der Waals surface area contributed by atoms with Crippen molar-refractivity contribution in [2.24, 2.45) is 0 Å².